The maximum Gasteiger partial charge on any atom is 0.256 e. The molecule has 5 nitrogen and oxygen atoms in total. The number of carbonyl (C=O) groups is 2. The Morgan fingerprint density at radius 1 is 1.26 bits per heavy atom. The molecule has 1 aromatic heterocycles. The molecule has 0 spiro atoms. The van der Waals surface area contributed by atoms with Gasteiger partial charge < -0.3 is 15.5 Å². The van der Waals surface area contributed by atoms with Crippen molar-refractivity contribution in [2.75, 3.05) is 31.5 Å². The van der Waals surface area contributed by atoms with Gasteiger partial charge in [-0.1, -0.05) is 20.8 Å². The molecule has 1 fully saturated rings. The van der Waals surface area contributed by atoms with E-state index in [2.05, 4.69) is 17.6 Å². The van der Waals surface area contributed by atoms with Crippen molar-refractivity contribution >= 4 is 28.2 Å². The van der Waals surface area contributed by atoms with Crippen molar-refractivity contribution in [1.29, 1.82) is 0 Å². The monoisotopic (exact) mass is 337 g/mol. The topological polar surface area (TPSA) is 61.4 Å². The van der Waals surface area contributed by atoms with E-state index in [1.54, 1.807) is 0 Å². The van der Waals surface area contributed by atoms with Crippen molar-refractivity contribution in [2.45, 2.75) is 40.0 Å². The summed E-state index contributed by atoms with van der Waals surface area (Å²) >= 11 is 1.52. The second-order valence-electron chi connectivity index (χ2n) is 5.85. The van der Waals surface area contributed by atoms with Crippen LogP contribution in [-0.4, -0.2) is 42.9 Å². The van der Waals surface area contributed by atoms with E-state index < -0.39 is 0 Å². The minimum atomic E-state index is 0.00400. The molecule has 0 atom stereocenters. The molecule has 128 valence electrons. The third-order valence-corrected chi connectivity index (χ3v) is 5.55. The summed E-state index contributed by atoms with van der Waals surface area (Å²) in [6.07, 6.45) is 2.50. The summed E-state index contributed by atoms with van der Waals surface area (Å²) in [4.78, 5) is 28.2. The molecule has 2 amide bonds. The Morgan fingerprint density at radius 3 is 2.48 bits per heavy atom. The van der Waals surface area contributed by atoms with Crippen molar-refractivity contribution in [2.24, 2.45) is 5.92 Å². The van der Waals surface area contributed by atoms with Gasteiger partial charge in [-0.05, 0) is 25.3 Å². The van der Waals surface area contributed by atoms with Crippen LogP contribution in [0, 0.1) is 5.92 Å². The van der Waals surface area contributed by atoms with Gasteiger partial charge in [-0.25, -0.2) is 0 Å². The Morgan fingerprint density at radius 2 is 1.91 bits per heavy atom. The van der Waals surface area contributed by atoms with Crippen molar-refractivity contribution in [3.8, 4) is 0 Å². The van der Waals surface area contributed by atoms with Crippen LogP contribution in [0.15, 0.2) is 6.07 Å². The van der Waals surface area contributed by atoms with Gasteiger partial charge in [-0.15, -0.1) is 11.3 Å². The molecular formula is C17H27N3O2S. The summed E-state index contributed by atoms with van der Waals surface area (Å²) in [5, 5.41) is 6.97. The average molecular weight is 337 g/mol. The molecule has 0 saturated carbocycles. The van der Waals surface area contributed by atoms with Gasteiger partial charge in [0.15, 0.2) is 0 Å². The van der Waals surface area contributed by atoms with Crippen molar-refractivity contribution in [3.63, 3.8) is 0 Å². The third-order valence-electron chi connectivity index (χ3n) is 4.36. The summed E-state index contributed by atoms with van der Waals surface area (Å²) in [5.41, 5.74) is 0.646. The van der Waals surface area contributed by atoms with Crippen LogP contribution in [0.3, 0.4) is 0 Å². The molecule has 1 aliphatic rings. The van der Waals surface area contributed by atoms with Gasteiger partial charge >= 0.3 is 0 Å². The molecule has 1 saturated heterocycles. The van der Waals surface area contributed by atoms with Crippen LogP contribution in [0.4, 0.5) is 5.00 Å². The second-order valence-corrected chi connectivity index (χ2v) is 6.99. The lowest BCUT2D eigenvalue weighted by Crippen LogP contribution is -2.46. The number of piperazine rings is 1. The van der Waals surface area contributed by atoms with Crippen molar-refractivity contribution < 1.29 is 9.59 Å². The Bertz CT molecular complexity index is 546. The van der Waals surface area contributed by atoms with Crippen LogP contribution in [0.1, 0.15) is 48.8 Å². The number of amides is 2. The van der Waals surface area contributed by atoms with E-state index in [0.717, 1.165) is 50.3 Å². The summed E-state index contributed by atoms with van der Waals surface area (Å²) in [5.74, 6) is 0.0560. The van der Waals surface area contributed by atoms with Crippen molar-refractivity contribution in [1.82, 2.24) is 10.2 Å². The van der Waals surface area contributed by atoms with Crippen LogP contribution in [0.5, 0.6) is 0 Å². The fourth-order valence-corrected chi connectivity index (χ4v) is 3.77. The lowest BCUT2D eigenvalue weighted by Gasteiger charge is -2.27. The number of rotatable bonds is 6. The minimum Gasteiger partial charge on any atom is -0.336 e. The van der Waals surface area contributed by atoms with Crippen LogP contribution in [-0.2, 0) is 11.2 Å². The summed E-state index contributed by atoms with van der Waals surface area (Å²) < 4.78 is 0. The molecule has 6 heteroatoms. The molecule has 1 aromatic rings. The van der Waals surface area contributed by atoms with Crippen LogP contribution < -0.4 is 10.6 Å². The molecule has 0 unspecified atom stereocenters. The zero-order chi connectivity index (χ0) is 16.8. The quantitative estimate of drug-likeness (QED) is 0.839. The fraction of sp³-hybridized carbons (Fsp3) is 0.647. The predicted molar refractivity (Wildman–Crippen MR) is 95.2 cm³/mol. The van der Waals surface area contributed by atoms with Crippen LogP contribution in [0.25, 0.3) is 0 Å². The number of hydrogen-bond donors (Lipinski definition) is 2. The highest BCUT2D eigenvalue weighted by atomic mass is 32.1. The molecule has 0 radical (unpaired) electrons. The third kappa shape index (κ3) is 4.32. The van der Waals surface area contributed by atoms with Gasteiger partial charge in [0.25, 0.3) is 5.91 Å². The van der Waals surface area contributed by atoms with Gasteiger partial charge in [0, 0.05) is 37.0 Å². The predicted octanol–water partition coefficient (Wildman–Crippen LogP) is 2.73. The first-order valence-corrected chi connectivity index (χ1v) is 9.35. The van der Waals surface area contributed by atoms with E-state index in [-0.39, 0.29) is 17.7 Å². The van der Waals surface area contributed by atoms with Gasteiger partial charge in [0.2, 0.25) is 5.91 Å². The number of nitrogens with one attached hydrogen (secondary N) is 2. The maximum atomic E-state index is 12.8. The summed E-state index contributed by atoms with van der Waals surface area (Å²) in [6, 6.07) is 1.94. The van der Waals surface area contributed by atoms with E-state index in [4.69, 9.17) is 0 Å². The molecule has 0 bridgehead atoms. The number of nitrogens with zero attached hydrogens (tertiary/aromatic N) is 1. The normalized spacial score (nSPS) is 15.0. The Balaban J connectivity index is 2.20. The number of thiophene rings is 1. The molecule has 0 aliphatic carbocycles. The number of aryl methyl sites for hydroxylation is 1. The number of anilines is 1. The maximum absolute atomic E-state index is 12.8. The lowest BCUT2D eigenvalue weighted by molar-refractivity contribution is -0.120. The highest BCUT2D eigenvalue weighted by Crippen LogP contribution is 2.30. The first-order valence-electron chi connectivity index (χ1n) is 8.54. The van der Waals surface area contributed by atoms with Crippen LogP contribution in [0.2, 0.25) is 0 Å². The minimum absolute atomic E-state index is 0.00400. The van der Waals surface area contributed by atoms with Gasteiger partial charge in [-0.3, -0.25) is 9.59 Å². The Kier molecular flexibility index (Phi) is 6.59. The zero-order valence-electron chi connectivity index (χ0n) is 14.3. The SMILES string of the molecule is CCc1cc(C(=O)N2CCNCC2)c(NC(=O)C(CC)CC)s1. The van der Waals surface area contributed by atoms with E-state index in [1.807, 2.05) is 24.8 Å². The zero-order valence-corrected chi connectivity index (χ0v) is 15.1. The van der Waals surface area contributed by atoms with Gasteiger partial charge in [-0.2, -0.15) is 0 Å². The van der Waals surface area contributed by atoms with Crippen molar-refractivity contribution in [3.05, 3.63) is 16.5 Å². The first-order chi connectivity index (χ1) is 11.1. The lowest BCUT2D eigenvalue weighted by atomic mass is 10.0. The summed E-state index contributed by atoms with van der Waals surface area (Å²) in [7, 11) is 0. The largest absolute Gasteiger partial charge is 0.336 e. The van der Waals surface area contributed by atoms with E-state index in [9.17, 15) is 9.59 Å². The molecular weight excluding hydrogens is 310 g/mol. The molecule has 23 heavy (non-hydrogen) atoms. The Labute approximate surface area is 142 Å². The molecule has 1 aliphatic heterocycles. The highest BCUT2D eigenvalue weighted by molar-refractivity contribution is 7.16. The summed E-state index contributed by atoms with van der Waals surface area (Å²) in [6.45, 7) is 9.19. The van der Waals surface area contributed by atoms with E-state index in [0.29, 0.717) is 10.6 Å². The molecule has 0 aromatic carbocycles. The van der Waals surface area contributed by atoms with E-state index in [1.165, 1.54) is 11.3 Å². The second kappa shape index (κ2) is 8.45. The fourth-order valence-electron chi connectivity index (χ4n) is 2.78. The first kappa shape index (κ1) is 17.9. The number of hydrogen-bond acceptors (Lipinski definition) is 4. The molecule has 2 N–H and O–H groups in total. The van der Waals surface area contributed by atoms with Gasteiger partial charge in [0.1, 0.15) is 5.00 Å². The highest BCUT2D eigenvalue weighted by Gasteiger charge is 2.25. The molecule has 2 rings (SSSR count). The van der Waals surface area contributed by atoms with E-state index >= 15 is 0 Å². The molecule has 2 heterocycles. The van der Waals surface area contributed by atoms with Gasteiger partial charge in [0.05, 0.1) is 5.56 Å². The number of carbonyl (C=O) groups excluding carboxylic acids is 2. The standard InChI is InChI=1S/C17H27N3O2S/c1-4-12(5-2)15(21)19-16-14(11-13(6-3)23-16)17(22)20-9-7-18-8-10-20/h11-12,18H,4-10H2,1-3H3,(H,19,21). The smallest absolute Gasteiger partial charge is 0.256 e. The average Bonchev–Trinajstić information content (AvgIpc) is 2.99. The Hall–Kier alpha value is -1.40. The van der Waals surface area contributed by atoms with Crippen LogP contribution >= 0.6 is 11.3 Å².